The fraction of sp³-hybridized carbons (Fsp3) is 0.133. The maximum atomic E-state index is 5.60. The Labute approximate surface area is 122 Å². The van der Waals surface area contributed by atoms with Crippen LogP contribution in [0, 0.1) is 6.92 Å². The van der Waals surface area contributed by atoms with E-state index in [1.54, 1.807) is 10.9 Å². The van der Waals surface area contributed by atoms with Gasteiger partial charge in [0.2, 0.25) is 0 Å². The number of anilines is 1. The van der Waals surface area contributed by atoms with Gasteiger partial charge in [-0.25, -0.2) is 15.8 Å². The zero-order valence-electron chi connectivity index (χ0n) is 11.9. The van der Waals surface area contributed by atoms with Crippen LogP contribution in [0.25, 0.3) is 22.8 Å². The van der Waals surface area contributed by atoms with E-state index >= 15 is 0 Å². The van der Waals surface area contributed by atoms with E-state index in [-0.39, 0.29) is 0 Å². The molecule has 0 aliphatic carbocycles. The van der Waals surface area contributed by atoms with Crippen molar-refractivity contribution in [3.05, 3.63) is 48.2 Å². The molecule has 6 nitrogen and oxygen atoms in total. The fourth-order valence-corrected chi connectivity index (χ4v) is 2.24. The second-order valence-electron chi connectivity index (χ2n) is 4.72. The van der Waals surface area contributed by atoms with Gasteiger partial charge >= 0.3 is 0 Å². The summed E-state index contributed by atoms with van der Waals surface area (Å²) in [7, 11) is 1.86. The van der Waals surface area contributed by atoms with Crippen LogP contribution in [0.1, 0.15) is 5.56 Å². The molecule has 6 heteroatoms. The largest absolute Gasteiger partial charge is 0.308 e. The summed E-state index contributed by atoms with van der Waals surface area (Å²) in [5.74, 6) is 6.80. The van der Waals surface area contributed by atoms with Crippen LogP contribution < -0.4 is 11.3 Å². The fourth-order valence-electron chi connectivity index (χ4n) is 2.24. The van der Waals surface area contributed by atoms with Crippen molar-refractivity contribution >= 4 is 5.82 Å². The molecule has 0 aliphatic heterocycles. The Balaban J connectivity index is 2.23. The molecule has 2 aromatic heterocycles. The third kappa shape index (κ3) is 2.36. The summed E-state index contributed by atoms with van der Waals surface area (Å²) in [5, 5.41) is 4.16. The van der Waals surface area contributed by atoms with E-state index in [0.717, 1.165) is 22.5 Å². The molecule has 1 aromatic carbocycles. The van der Waals surface area contributed by atoms with E-state index in [2.05, 4.69) is 20.5 Å². The number of nitrogens with zero attached hydrogens (tertiary/aromatic N) is 4. The third-order valence-electron chi connectivity index (χ3n) is 3.38. The van der Waals surface area contributed by atoms with E-state index in [1.165, 1.54) is 0 Å². The van der Waals surface area contributed by atoms with Gasteiger partial charge in [0.15, 0.2) is 5.82 Å². The monoisotopic (exact) mass is 280 g/mol. The lowest BCUT2D eigenvalue weighted by Crippen LogP contribution is -2.13. The summed E-state index contributed by atoms with van der Waals surface area (Å²) in [6.07, 6.45) is 1.72. The molecule has 0 fully saturated rings. The lowest BCUT2D eigenvalue weighted by molar-refractivity contribution is 0.770. The van der Waals surface area contributed by atoms with Gasteiger partial charge in [-0.05, 0) is 13.0 Å². The average Bonchev–Trinajstić information content (AvgIpc) is 2.94. The van der Waals surface area contributed by atoms with Gasteiger partial charge < -0.3 is 5.43 Å². The third-order valence-corrected chi connectivity index (χ3v) is 3.38. The number of aromatic nitrogens is 4. The molecule has 0 unspecified atom stereocenters. The van der Waals surface area contributed by atoms with Crippen LogP contribution in [-0.4, -0.2) is 19.7 Å². The van der Waals surface area contributed by atoms with Crippen molar-refractivity contribution in [1.29, 1.82) is 0 Å². The Hall–Kier alpha value is -2.73. The minimum absolute atomic E-state index is 0.590. The Kier molecular flexibility index (Phi) is 3.37. The molecular weight excluding hydrogens is 264 g/mol. The molecule has 106 valence electrons. The Morgan fingerprint density at radius 1 is 1.10 bits per heavy atom. The molecular formula is C15H16N6. The molecule has 0 saturated heterocycles. The predicted molar refractivity (Wildman–Crippen MR) is 82.2 cm³/mol. The molecule has 3 N–H and O–H groups in total. The van der Waals surface area contributed by atoms with Crippen LogP contribution in [0.15, 0.2) is 42.6 Å². The van der Waals surface area contributed by atoms with E-state index < -0.39 is 0 Å². The second kappa shape index (κ2) is 5.34. The van der Waals surface area contributed by atoms with Crippen molar-refractivity contribution in [3.63, 3.8) is 0 Å². The van der Waals surface area contributed by atoms with Crippen LogP contribution >= 0.6 is 0 Å². The van der Waals surface area contributed by atoms with Gasteiger partial charge in [0.05, 0.1) is 5.69 Å². The quantitative estimate of drug-likeness (QED) is 0.567. The van der Waals surface area contributed by atoms with Gasteiger partial charge in [-0.1, -0.05) is 30.3 Å². The van der Waals surface area contributed by atoms with Gasteiger partial charge in [0, 0.05) is 24.4 Å². The van der Waals surface area contributed by atoms with Crippen molar-refractivity contribution in [2.75, 3.05) is 5.43 Å². The lowest BCUT2D eigenvalue weighted by atomic mass is 10.1. The maximum Gasteiger partial charge on any atom is 0.180 e. The molecule has 3 aromatic rings. The first-order chi connectivity index (χ1) is 10.2. The predicted octanol–water partition coefficient (Wildman–Crippen LogP) is 2.14. The van der Waals surface area contributed by atoms with Crippen molar-refractivity contribution in [2.24, 2.45) is 12.9 Å². The van der Waals surface area contributed by atoms with Crippen LogP contribution in [0.3, 0.4) is 0 Å². The summed E-state index contributed by atoms with van der Waals surface area (Å²) in [5.41, 5.74) is 6.28. The number of nitrogens with one attached hydrogen (secondary N) is 1. The number of hydrazine groups is 1. The molecule has 0 amide bonds. The van der Waals surface area contributed by atoms with Gasteiger partial charge in [0.1, 0.15) is 11.5 Å². The number of benzene rings is 1. The highest BCUT2D eigenvalue weighted by Gasteiger charge is 2.14. The summed E-state index contributed by atoms with van der Waals surface area (Å²) in [6, 6.07) is 11.8. The Morgan fingerprint density at radius 2 is 1.86 bits per heavy atom. The highest BCUT2D eigenvalue weighted by Crippen LogP contribution is 2.28. The first kappa shape index (κ1) is 13.3. The lowest BCUT2D eigenvalue weighted by Gasteiger charge is -2.12. The standard InChI is InChI=1S/C15H16N6/c1-10-13(11-6-4-3-5-7-11)18-15(19-14(10)20-16)12-8-9-17-21(12)2/h3-9H,16H2,1-2H3,(H,18,19,20). The smallest absolute Gasteiger partial charge is 0.180 e. The van der Waals surface area contributed by atoms with Crippen LogP contribution in [0.4, 0.5) is 5.82 Å². The molecule has 0 atom stereocenters. The zero-order chi connectivity index (χ0) is 14.8. The van der Waals surface area contributed by atoms with Crippen LogP contribution in [-0.2, 0) is 7.05 Å². The summed E-state index contributed by atoms with van der Waals surface area (Å²) in [6.45, 7) is 1.95. The molecule has 0 saturated carbocycles. The zero-order valence-corrected chi connectivity index (χ0v) is 11.9. The number of nitrogen functional groups attached to an aromatic ring is 1. The summed E-state index contributed by atoms with van der Waals surface area (Å²) in [4.78, 5) is 9.16. The first-order valence-electron chi connectivity index (χ1n) is 6.59. The highest BCUT2D eigenvalue weighted by molar-refractivity contribution is 5.71. The molecule has 21 heavy (non-hydrogen) atoms. The number of nitrogens with two attached hydrogens (primary N) is 1. The summed E-state index contributed by atoms with van der Waals surface area (Å²) < 4.78 is 1.74. The second-order valence-corrected chi connectivity index (χ2v) is 4.72. The minimum atomic E-state index is 0.590. The number of rotatable bonds is 3. The number of aryl methyl sites for hydroxylation is 1. The van der Waals surface area contributed by atoms with E-state index in [9.17, 15) is 0 Å². The molecule has 2 heterocycles. The highest BCUT2D eigenvalue weighted by atomic mass is 15.3. The van der Waals surface area contributed by atoms with E-state index in [4.69, 9.17) is 5.84 Å². The van der Waals surface area contributed by atoms with Crippen LogP contribution in [0.2, 0.25) is 0 Å². The van der Waals surface area contributed by atoms with Gasteiger partial charge in [-0.15, -0.1) is 0 Å². The summed E-state index contributed by atoms with van der Waals surface area (Å²) >= 11 is 0. The molecule has 0 radical (unpaired) electrons. The van der Waals surface area contributed by atoms with Crippen molar-refractivity contribution in [2.45, 2.75) is 6.92 Å². The van der Waals surface area contributed by atoms with E-state index in [0.29, 0.717) is 11.6 Å². The Bertz CT molecular complexity index is 763. The van der Waals surface area contributed by atoms with Gasteiger partial charge in [0.25, 0.3) is 0 Å². The van der Waals surface area contributed by atoms with Crippen molar-refractivity contribution in [1.82, 2.24) is 19.7 Å². The van der Waals surface area contributed by atoms with Gasteiger partial charge in [-0.3, -0.25) is 4.68 Å². The van der Waals surface area contributed by atoms with Crippen molar-refractivity contribution < 1.29 is 0 Å². The van der Waals surface area contributed by atoms with Crippen LogP contribution in [0.5, 0.6) is 0 Å². The SMILES string of the molecule is Cc1c(NN)nc(-c2ccnn2C)nc1-c1ccccc1. The topological polar surface area (TPSA) is 81.6 Å². The maximum absolute atomic E-state index is 5.60. The normalized spacial score (nSPS) is 10.6. The number of hydrogen-bond acceptors (Lipinski definition) is 5. The molecule has 0 bridgehead atoms. The Morgan fingerprint density at radius 3 is 2.48 bits per heavy atom. The molecule has 3 rings (SSSR count). The first-order valence-corrected chi connectivity index (χ1v) is 6.59. The minimum Gasteiger partial charge on any atom is -0.308 e. The molecule has 0 spiro atoms. The average molecular weight is 280 g/mol. The number of hydrogen-bond donors (Lipinski definition) is 2. The van der Waals surface area contributed by atoms with E-state index in [1.807, 2.05) is 50.4 Å². The van der Waals surface area contributed by atoms with Gasteiger partial charge in [-0.2, -0.15) is 5.10 Å². The molecule has 0 aliphatic rings. The van der Waals surface area contributed by atoms with Crippen molar-refractivity contribution in [3.8, 4) is 22.8 Å².